The van der Waals surface area contributed by atoms with E-state index in [1.54, 1.807) is 6.08 Å². The second-order valence-electron chi connectivity index (χ2n) is 7.15. The van der Waals surface area contributed by atoms with Crippen molar-refractivity contribution in [2.45, 2.75) is 13.3 Å². The second-order valence-corrected chi connectivity index (χ2v) is 7.15. The second kappa shape index (κ2) is 3.41. The predicted molar refractivity (Wildman–Crippen MR) is 69.6 cm³/mol. The smallest absolute Gasteiger partial charge is 0.370 e. The number of carboxylic acids is 1. The molecule has 6 aliphatic carbocycles. The van der Waals surface area contributed by atoms with Crippen LogP contribution in [0.3, 0.4) is 0 Å². The summed E-state index contributed by atoms with van der Waals surface area (Å²) in [6, 6.07) is 0. The van der Waals surface area contributed by atoms with Crippen LogP contribution in [0, 0.1) is 46.8 Å². The molecule has 6 rings (SSSR count). The Morgan fingerprint density at radius 1 is 1.20 bits per heavy atom. The molecule has 0 aromatic heterocycles. The largest absolute Gasteiger partial charge is 0.486 e. The van der Waals surface area contributed by atoms with Crippen LogP contribution in [0.15, 0.2) is 11.8 Å². The van der Waals surface area contributed by atoms with Crippen molar-refractivity contribution in [2.24, 2.45) is 46.8 Å². The summed E-state index contributed by atoms with van der Waals surface area (Å²) in [7, 11) is 0. The van der Waals surface area contributed by atoms with E-state index >= 15 is 0 Å². The maximum absolute atomic E-state index is 11.2. The molecule has 6 aliphatic rings. The van der Waals surface area contributed by atoms with Gasteiger partial charge < -0.3 is 14.6 Å². The van der Waals surface area contributed by atoms with E-state index in [1.807, 2.05) is 6.92 Å². The number of carbonyl (C=O) groups is 1. The Balaban J connectivity index is 1.19. The molecule has 20 heavy (non-hydrogen) atoms. The zero-order valence-corrected chi connectivity index (χ0v) is 11.6. The summed E-state index contributed by atoms with van der Waals surface area (Å²) in [4.78, 5) is 11.2. The van der Waals surface area contributed by atoms with E-state index in [0.717, 1.165) is 41.4 Å². The summed E-state index contributed by atoms with van der Waals surface area (Å²) >= 11 is 0. The average molecular weight is 276 g/mol. The minimum absolute atomic E-state index is 0.123. The van der Waals surface area contributed by atoms with Crippen molar-refractivity contribution in [2.75, 3.05) is 19.8 Å². The van der Waals surface area contributed by atoms with Crippen molar-refractivity contribution in [3.8, 4) is 0 Å². The van der Waals surface area contributed by atoms with Crippen LogP contribution in [0.5, 0.6) is 0 Å². The number of hydrogen-bond donors (Lipinski definition) is 1. The van der Waals surface area contributed by atoms with Crippen LogP contribution in [0.25, 0.3) is 0 Å². The summed E-state index contributed by atoms with van der Waals surface area (Å²) in [6.45, 7) is 3.81. The SMILES string of the molecule is CCOCC/C=C(\OCC12C3C4C5C3C1C5C42)C(=O)O. The predicted octanol–water partition coefficient (Wildman–Crippen LogP) is 1.77. The zero-order chi connectivity index (χ0) is 13.6. The van der Waals surface area contributed by atoms with E-state index in [9.17, 15) is 9.90 Å². The fourth-order valence-corrected chi connectivity index (χ4v) is 6.79. The number of ether oxygens (including phenoxy) is 2. The molecule has 0 saturated heterocycles. The van der Waals surface area contributed by atoms with E-state index in [4.69, 9.17) is 9.47 Å². The molecule has 0 atom stereocenters. The normalized spacial score (nSPS) is 54.6. The highest BCUT2D eigenvalue weighted by Crippen LogP contribution is 3.05. The number of rotatable bonds is 8. The molecule has 108 valence electrons. The summed E-state index contributed by atoms with van der Waals surface area (Å²) in [6.07, 6.45) is 2.27. The number of hydrogen-bond acceptors (Lipinski definition) is 3. The maximum atomic E-state index is 11.2. The first-order chi connectivity index (χ1) is 9.73. The molecular formula is C16H20O4. The third-order valence-corrected chi connectivity index (χ3v) is 7.17. The van der Waals surface area contributed by atoms with Crippen LogP contribution in [0.4, 0.5) is 0 Å². The minimum Gasteiger partial charge on any atom is -0.486 e. The van der Waals surface area contributed by atoms with Gasteiger partial charge in [0.25, 0.3) is 0 Å². The Morgan fingerprint density at radius 2 is 1.85 bits per heavy atom. The lowest BCUT2D eigenvalue weighted by molar-refractivity contribution is -0.617. The molecule has 0 heterocycles. The fourth-order valence-electron chi connectivity index (χ4n) is 6.79. The molecule has 0 radical (unpaired) electrons. The summed E-state index contributed by atoms with van der Waals surface area (Å²) < 4.78 is 10.9. The van der Waals surface area contributed by atoms with E-state index in [1.165, 1.54) is 0 Å². The van der Waals surface area contributed by atoms with E-state index in [2.05, 4.69) is 0 Å². The Morgan fingerprint density at radius 3 is 2.40 bits per heavy atom. The fraction of sp³-hybridized carbons (Fsp3) is 0.812. The quantitative estimate of drug-likeness (QED) is 0.417. The van der Waals surface area contributed by atoms with Crippen LogP contribution >= 0.6 is 0 Å². The first-order valence-electron chi connectivity index (χ1n) is 7.87. The van der Waals surface area contributed by atoms with Crippen LogP contribution < -0.4 is 0 Å². The highest BCUT2D eigenvalue weighted by molar-refractivity contribution is 5.84. The summed E-state index contributed by atoms with van der Waals surface area (Å²) in [5.74, 6) is 6.06. The molecule has 0 aliphatic heterocycles. The first kappa shape index (κ1) is 11.6. The van der Waals surface area contributed by atoms with Crippen molar-refractivity contribution < 1.29 is 19.4 Å². The molecular weight excluding hydrogens is 256 g/mol. The van der Waals surface area contributed by atoms with Gasteiger partial charge in [-0.1, -0.05) is 0 Å². The van der Waals surface area contributed by atoms with Gasteiger partial charge in [0.05, 0.1) is 13.2 Å². The monoisotopic (exact) mass is 276 g/mol. The topological polar surface area (TPSA) is 55.8 Å². The van der Waals surface area contributed by atoms with E-state index < -0.39 is 5.97 Å². The van der Waals surface area contributed by atoms with E-state index in [-0.39, 0.29) is 5.76 Å². The van der Waals surface area contributed by atoms with E-state index in [0.29, 0.717) is 31.7 Å². The summed E-state index contributed by atoms with van der Waals surface area (Å²) in [5, 5.41) is 9.21. The van der Waals surface area contributed by atoms with Gasteiger partial charge in [-0.2, -0.15) is 0 Å². The molecule has 0 spiro atoms. The highest BCUT2D eigenvalue weighted by Gasteiger charge is 3.04. The molecule has 0 unspecified atom stereocenters. The average Bonchev–Trinajstić information content (AvgIpc) is 2.46. The first-order valence-corrected chi connectivity index (χ1v) is 7.87. The van der Waals surface area contributed by atoms with Gasteiger partial charge in [-0.15, -0.1) is 0 Å². The van der Waals surface area contributed by atoms with Gasteiger partial charge in [0.1, 0.15) is 0 Å². The molecule has 4 heteroatoms. The van der Waals surface area contributed by atoms with Crippen molar-refractivity contribution >= 4 is 5.97 Å². The Hall–Kier alpha value is -1.03. The Kier molecular flexibility index (Phi) is 1.98. The lowest BCUT2D eigenvalue weighted by atomic mass is 8.97. The molecule has 6 saturated carbocycles. The van der Waals surface area contributed by atoms with Gasteiger partial charge >= 0.3 is 5.97 Å². The molecule has 0 bridgehead atoms. The lowest BCUT2D eigenvalue weighted by Crippen LogP contribution is -3.06. The maximum Gasteiger partial charge on any atom is 0.370 e. The molecule has 6 fully saturated rings. The molecule has 0 aromatic rings. The van der Waals surface area contributed by atoms with Gasteiger partial charge in [0.2, 0.25) is 0 Å². The van der Waals surface area contributed by atoms with Crippen molar-refractivity contribution in [1.29, 1.82) is 0 Å². The van der Waals surface area contributed by atoms with Crippen LogP contribution in [-0.2, 0) is 14.3 Å². The zero-order valence-electron chi connectivity index (χ0n) is 11.6. The Bertz CT molecular complexity index is 472. The third kappa shape index (κ3) is 0.910. The van der Waals surface area contributed by atoms with Gasteiger partial charge in [-0.05, 0) is 60.8 Å². The van der Waals surface area contributed by atoms with Crippen LogP contribution in [0.1, 0.15) is 13.3 Å². The van der Waals surface area contributed by atoms with Crippen LogP contribution in [0.2, 0.25) is 0 Å². The lowest BCUT2D eigenvalue weighted by Gasteiger charge is -3.07. The molecule has 0 amide bonds. The Labute approximate surface area is 118 Å². The van der Waals surface area contributed by atoms with Gasteiger partial charge in [0.15, 0.2) is 5.76 Å². The van der Waals surface area contributed by atoms with Gasteiger partial charge in [-0.25, -0.2) is 4.79 Å². The van der Waals surface area contributed by atoms with Gasteiger partial charge in [0, 0.05) is 12.0 Å². The van der Waals surface area contributed by atoms with Crippen LogP contribution in [-0.4, -0.2) is 30.9 Å². The highest BCUT2D eigenvalue weighted by atomic mass is 16.5. The number of aliphatic carboxylic acids is 1. The van der Waals surface area contributed by atoms with Crippen molar-refractivity contribution in [3.63, 3.8) is 0 Å². The minimum atomic E-state index is -0.946. The van der Waals surface area contributed by atoms with Crippen molar-refractivity contribution in [1.82, 2.24) is 0 Å². The standard InChI is InChI=1S/C16H20O4/c1-2-19-5-3-4-7(15(17)18)20-6-16-12-9-8-10(12)14(16)11(8)13(9)16/h4,8-14H,2-3,5-6H2,1H3,(H,17,18)/b7-4-. The molecule has 0 aromatic carbocycles. The van der Waals surface area contributed by atoms with Gasteiger partial charge in [-0.3, -0.25) is 0 Å². The molecule has 4 nitrogen and oxygen atoms in total. The third-order valence-electron chi connectivity index (χ3n) is 7.17. The number of carboxylic acid groups (broad SMARTS) is 1. The van der Waals surface area contributed by atoms with Crippen molar-refractivity contribution in [3.05, 3.63) is 11.8 Å². The molecule has 1 N–H and O–H groups in total. The summed E-state index contributed by atoms with van der Waals surface area (Å²) in [5.41, 5.74) is 0.420.